The highest BCUT2D eigenvalue weighted by atomic mass is 35.5. The Bertz CT molecular complexity index is 1120. The first-order valence-corrected chi connectivity index (χ1v) is 10.7. The first-order valence-electron chi connectivity index (χ1n) is 10.3. The molecule has 1 heterocycles. The maximum absolute atomic E-state index is 12.5. The van der Waals surface area contributed by atoms with Crippen LogP contribution in [0.2, 0.25) is 5.02 Å². The maximum atomic E-state index is 12.5. The number of rotatable bonds is 5. The number of amides is 1. The third-order valence-electron chi connectivity index (χ3n) is 5.37. The van der Waals surface area contributed by atoms with E-state index in [2.05, 4.69) is 22.3 Å². The zero-order valence-electron chi connectivity index (χ0n) is 17.3. The van der Waals surface area contributed by atoms with Crippen molar-refractivity contribution in [1.82, 2.24) is 10.5 Å². The summed E-state index contributed by atoms with van der Waals surface area (Å²) in [7, 11) is 1.62. The lowest BCUT2D eigenvalue weighted by molar-refractivity contribution is 0.0947. The maximum Gasteiger partial charge on any atom is 0.251 e. The third kappa shape index (κ3) is 5.28. The summed E-state index contributed by atoms with van der Waals surface area (Å²) in [5.41, 5.74) is 2.83. The molecule has 5 nitrogen and oxygen atoms in total. The third-order valence-corrected chi connectivity index (χ3v) is 5.68. The second-order valence-electron chi connectivity index (χ2n) is 7.53. The van der Waals surface area contributed by atoms with Crippen molar-refractivity contribution in [2.45, 2.75) is 32.2 Å². The number of nitrogens with one attached hydrogen (secondary N) is 1. The van der Waals surface area contributed by atoms with E-state index in [9.17, 15) is 4.79 Å². The molecule has 0 saturated heterocycles. The van der Waals surface area contributed by atoms with Crippen LogP contribution in [0.15, 0.2) is 53.1 Å². The van der Waals surface area contributed by atoms with E-state index < -0.39 is 0 Å². The number of halogens is 1. The van der Waals surface area contributed by atoms with Gasteiger partial charge >= 0.3 is 0 Å². The van der Waals surface area contributed by atoms with Gasteiger partial charge in [-0.15, -0.1) is 0 Å². The highest BCUT2D eigenvalue weighted by Gasteiger charge is 2.13. The van der Waals surface area contributed by atoms with Gasteiger partial charge in [0.05, 0.1) is 18.7 Å². The van der Waals surface area contributed by atoms with Gasteiger partial charge < -0.3 is 14.6 Å². The molecule has 0 bridgehead atoms. The minimum atomic E-state index is -0.236. The SMILES string of the molecule is COc1ccc(-c2cc(CNC(=O)c3ccc(C#CC4CCCC4)c(Cl)c3)on2)cc1. The average molecular weight is 435 g/mol. The van der Waals surface area contributed by atoms with E-state index in [1.807, 2.05) is 24.3 Å². The fourth-order valence-electron chi connectivity index (χ4n) is 3.57. The molecule has 1 aromatic heterocycles. The summed E-state index contributed by atoms with van der Waals surface area (Å²) >= 11 is 6.35. The van der Waals surface area contributed by atoms with Crippen LogP contribution in [0.5, 0.6) is 5.75 Å². The molecule has 2 aromatic carbocycles. The molecule has 31 heavy (non-hydrogen) atoms. The van der Waals surface area contributed by atoms with Crippen molar-refractivity contribution in [2.24, 2.45) is 5.92 Å². The van der Waals surface area contributed by atoms with Gasteiger partial charge in [-0.2, -0.15) is 0 Å². The monoisotopic (exact) mass is 434 g/mol. The summed E-state index contributed by atoms with van der Waals surface area (Å²) in [6.45, 7) is 0.225. The van der Waals surface area contributed by atoms with Gasteiger partial charge in [-0.3, -0.25) is 4.79 Å². The van der Waals surface area contributed by atoms with Crippen LogP contribution in [0, 0.1) is 17.8 Å². The van der Waals surface area contributed by atoms with Crippen LogP contribution >= 0.6 is 11.6 Å². The topological polar surface area (TPSA) is 64.4 Å². The molecule has 0 atom stereocenters. The molecule has 0 aliphatic heterocycles. The normalized spacial score (nSPS) is 13.5. The summed E-state index contributed by atoms with van der Waals surface area (Å²) in [5.74, 6) is 8.01. The highest BCUT2D eigenvalue weighted by Crippen LogP contribution is 2.25. The van der Waals surface area contributed by atoms with Gasteiger partial charge in [0.15, 0.2) is 5.76 Å². The Kier molecular flexibility index (Phi) is 6.59. The first kappa shape index (κ1) is 21.0. The minimum Gasteiger partial charge on any atom is -0.497 e. The number of benzene rings is 2. The Morgan fingerprint density at radius 3 is 2.68 bits per heavy atom. The van der Waals surface area contributed by atoms with Gasteiger partial charge in [0.1, 0.15) is 11.4 Å². The molecule has 6 heteroatoms. The van der Waals surface area contributed by atoms with Crippen molar-refractivity contribution < 1.29 is 14.1 Å². The lowest BCUT2D eigenvalue weighted by atomic mass is 10.1. The molecule has 158 valence electrons. The number of carbonyl (C=O) groups is 1. The van der Waals surface area contributed by atoms with Crippen LogP contribution in [0.1, 0.15) is 47.4 Å². The van der Waals surface area contributed by atoms with E-state index in [1.165, 1.54) is 12.8 Å². The summed E-state index contributed by atoms with van der Waals surface area (Å²) in [6, 6.07) is 14.5. The Hall–Kier alpha value is -3.23. The molecule has 1 N–H and O–H groups in total. The van der Waals surface area contributed by atoms with Crippen LogP contribution in [0.4, 0.5) is 0 Å². The minimum absolute atomic E-state index is 0.225. The summed E-state index contributed by atoms with van der Waals surface area (Å²) in [4.78, 5) is 12.5. The van der Waals surface area contributed by atoms with Gasteiger partial charge in [-0.05, 0) is 55.3 Å². The molecular weight excluding hydrogens is 412 g/mol. The fraction of sp³-hybridized carbons (Fsp3) is 0.280. The van der Waals surface area contributed by atoms with Crippen LogP contribution < -0.4 is 10.1 Å². The second-order valence-corrected chi connectivity index (χ2v) is 7.94. The fourth-order valence-corrected chi connectivity index (χ4v) is 3.80. The number of carbonyl (C=O) groups excluding carboxylic acids is 1. The van der Waals surface area contributed by atoms with E-state index in [0.29, 0.717) is 28.0 Å². The van der Waals surface area contributed by atoms with Crippen molar-refractivity contribution in [1.29, 1.82) is 0 Å². The summed E-state index contributed by atoms with van der Waals surface area (Å²) in [6.07, 6.45) is 4.82. The van der Waals surface area contributed by atoms with Crippen molar-refractivity contribution in [3.8, 4) is 28.8 Å². The van der Waals surface area contributed by atoms with Gasteiger partial charge in [-0.25, -0.2) is 0 Å². The number of methoxy groups -OCH3 is 1. The highest BCUT2D eigenvalue weighted by molar-refractivity contribution is 6.32. The Labute approximate surface area is 186 Å². The van der Waals surface area contributed by atoms with Crippen LogP contribution in [-0.2, 0) is 6.54 Å². The largest absolute Gasteiger partial charge is 0.497 e. The van der Waals surface area contributed by atoms with Crippen LogP contribution in [-0.4, -0.2) is 18.2 Å². The lowest BCUT2D eigenvalue weighted by Crippen LogP contribution is -2.22. The molecule has 4 rings (SSSR count). The number of ether oxygens (including phenoxy) is 1. The van der Waals surface area contributed by atoms with E-state index in [0.717, 1.165) is 29.7 Å². The van der Waals surface area contributed by atoms with Gasteiger partial charge in [0, 0.05) is 28.7 Å². The molecular formula is C25H23ClN2O3. The molecule has 0 radical (unpaired) electrons. The molecule has 0 unspecified atom stereocenters. The molecule has 3 aromatic rings. The zero-order chi connectivity index (χ0) is 21.6. The van der Waals surface area contributed by atoms with Crippen molar-refractivity contribution in [3.63, 3.8) is 0 Å². The zero-order valence-corrected chi connectivity index (χ0v) is 18.0. The predicted molar refractivity (Wildman–Crippen MR) is 120 cm³/mol. The first-order chi connectivity index (χ1) is 15.1. The Balaban J connectivity index is 1.36. The number of nitrogens with zero attached hydrogens (tertiary/aromatic N) is 1. The Morgan fingerprint density at radius 1 is 1.19 bits per heavy atom. The quantitative estimate of drug-likeness (QED) is 0.540. The van der Waals surface area contributed by atoms with Gasteiger partial charge in [0.2, 0.25) is 0 Å². The van der Waals surface area contributed by atoms with Crippen LogP contribution in [0.3, 0.4) is 0 Å². The average Bonchev–Trinajstić information content (AvgIpc) is 3.49. The molecule has 1 fully saturated rings. The van der Waals surface area contributed by atoms with Crippen molar-refractivity contribution >= 4 is 17.5 Å². The summed E-state index contributed by atoms with van der Waals surface area (Å²) < 4.78 is 10.5. The Morgan fingerprint density at radius 2 is 1.97 bits per heavy atom. The standard InChI is InChI=1S/C25H23ClN2O3/c1-30-21-12-10-19(11-13-21)24-15-22(31-28-24)16-27-25(29)20-9-8-18(23(26)14-20)7-6-17-4-2-3-5-17/h8-15,17H,2-5,16H2,1H3,(H,27,29). The predicted octanol–water partition coefficient (Wildman–Crippen LogP) is 5.48. The second kappa shape index (κ2) is 9.72. The molecule has 1 amide bonds. The van der Waals surface area contributed by atoms with E-state index >= 15 is 0 Å². The van der Waals surface area contributed by atoms with E-state index in [4.69, 9.17) is 20.9 Å². The van der Waals surface area contributed by atoms with Crippen LogP contribution in [0.25, 0.3) is 11.3 Å². The van der Waals surface area contributed by atoms with E-state index in [1.54, 1.807) is 31.4 Å². The summed E-state index contributed by atoms with van der Waals surface area (Å²) in [5, 5.41) is 7.39. The van der Waals surface area contributed by atoms with Gasteiger partial charge in [-0.1, -0.05) is 41.4 Å². The smallest absolute Gasteiger partial charge is 0.251 e. The molecule has 0 spiro atoms. The van der Waals surface area contributed by atoms with Crippen molar-refractivity contribution in [2.75, 3.05) is 7.11 Å². The van der Waals surface area contributed by atoms with Crippen molar-refractivity contribution in [3.05, 3.63) is 70.4 Å². The lowest BCUT2D eigenvalue weighted by Gasteiger charge is -2.05. The molecule has 1 aliphatic rings. The van der Waals surface area contributed by atoms with Gasteiger partial charge in [0.25, 0.3) is 5.91 Å². The number of hydrogen-bond donors (Lipinski definition) is 1. The van der Waals surface area contributed by atoms with E-state index in [-0.39, 0.29) is 12.5 Å². The molecule has 1 saturated carbocycles. The molecule has 1 aliphatic carbocycles. The number of aromatic nitrogens is 1. The number of hydrogen-bond acceptors (Lipinski definition) is 4.